The fourth-order valence-corrected chi connectivity index (χ4v) is 2.79. The molecule has 0 unspecified atom stereocenters. The van der Waals surface area contributed by atoms with Crippen LogP contribution >= 0.6 is 11.8 Å². The van der Waals surface area contributed by atoms with Crippen LogP contribution in [-0.4, -0.2) is 38.6 Å². The Labute approximate surface area is 129 Å². The lowest BCUT2D eigenvalue weighted by Gasteiger charge is -2.27. The van der Waals surface area contributed by atoms with Crippen molar-refractivity contribution in [2.75, 3.05) is 6.54 Å². The van der Waals surface area contributed by atoms with E-state index in [0.29, 0.717) is 22.9 Å². The lowest BCUT2D eigenvalue weighted by atomic mass is 10.2. The van der Waals surface area contributed by atoms with E-state index in [9.17, 15) is 4.79 Å². The Morgan fingerprint density at radius 3 is 2.76 bits per heavy atom. The summed E-state index contributed by atoms with van der Waals surface area (Å²) in [6, 6.07) is -0.172. The van der Waals surface area contributed by atoms with Gasteiger partial charge >= 0.3 is 6.09 Å². The molecule has 1 aliphatic heterocycles. The highest BCUT2D eigenvalue weighted by molar-refractivity contribution is 7.99. The number of carbonyl (C=O) groups excluding carboxylic acids is 1. The maximum atomic E-state index is 12.2. The first-order valence-corrected chi connectivity index (χ1v) is 8.14. The van der Waals surface area contributed by atoms with E-state index in [2.05, 4.69) is 24.0 Å². The van der Waals surface area contributed by atoms with Crippen LogP contribution in [0.3, 0.4) is 0 Å². The smallest absolute Gasteiger partial charge is 0.410 e. The number of amides is 1. The third-order valence-electron chi connectivity index (χ3n) is 2.92. The van der Waals surface area contributed by atoms with Gasteiger partial charge in [-0.3, -0.25) is 4.90 Å². The van der Waals surface area contributed by atoms with Crippen LogP contribution < -0.4 is 0 Å². The van der Waals surface area contributed by atoms with Crippen LogP contribution in [-0.2, 0) is 4.74 Å². The largest absolute Gasteiger partial charge is 0.444 e. The molecule has 2 heterocycles. The minimum atomic E-state index is -0.502. The molecule has 0 radical (unpaired) electrons. The molecule has 6 nitrogen and oxygen atoms in total. The quantitative estimate of drug-likeness (QED) is 0.794. The molecule has 1 aromatic rings. The number of carbonyl (C=O) groups is 1. The van der Waals surface area contributed by atoms with E-state index < -0.39 is 5.60 Å². The molecular weight excluding hydrogens is 290 g/mol. The Bertz CT molecular complexity index is 496. The lowest BCUT2D eigenvalue weighted by Crippen LogP contribution is -2.36. The highest BCUT2D eigenvalue weighted by Gasteiger charge is 2.36. The fraction of sp³-hybridized carbons (Fsp3) is 0.786. The monoisotopic (exact) mass is 313 g/mol. The average Bonchev–Trinajstić information content (AvgIpc) is 2.92. The van der Waals surface area contributed by atoms with Crippen molar-refractivity contribution in [3.8, 4) is 0 Å². The Morgan fingerprint density at radius 2 is 2.14 bits per heavy atom. The van der Waals surface area contributed by atoms with Gasteiger partial charge in [0.05, 0.1) is 0 Å². The van der Waals surface area contributed by atoms with Gasteiger partial charge in [-0.25, -0.2) is 4.79 Å². The first-order valence-electron chi connectivity index (χ1n) is 7.26. The number of ether oxygens (including phenoxy) is 1. The van der Waals surface area contributed by atoms with Crippen LogP contribution in [0, 0.1) is 0 Å². The second-order valence-corrected chi connectivity index (χ2v) is 7.93. The molecule has 1 fully saturated rings. The molecule has 7 heteroatoms. The van der Waals surface area contributed by atoms with E-state index >= 15 is 0 Å². The van der Waals surface area contributed by atoms with Gasteiger partial charge in [0.2, 0.25) is 5.89 Å². The molecule has 2 rings (SSSR count). The Balaban J connectivity index is 2.08. The molecule has 1 atom stereocenters. The van der Waals surface area contributed by atoms with Crippen LogP contribution in [0.25, 0.3) is 0 Å². The second kappa shape index (κ2) is 6.25. The van der Waals surface area contributed by atoms with Crippen LogP contribution in [0.2, 0.25) is 0 Å². The van der Waals surface area contributed by atoms with Gasteiger partial charge < -0.3 is 9.15 Å². The molecule has 1 aromatic heterocycles. The van der Waals surface area contributed by atoms with Gasteiger partial charge in [-0.05, 0) is 33.6 Å². The molecule has 1 aliphatic rings. The predicted molar refractivity (Wildman–Crippen MR) is 80.2 cm³/mol. The topological polar surface area (TPSA) is 68.5 Å². The SMILES string of the molecule is CC(C)Sc1nnc([C@H]2CCCN2C(=O)OC(C)(C)C)o1. The van der Waals surface area contributed by atoms with E-state index in [1.54, 1.807) is 4.90 Å². The Kier molecular flexibility index (Phi) is 4.81. The third-order valence-corrected chi connectivity index (χ3v) is 3.76. The predicted octanol–water partition coefficient (Wildman–Crippen LogP) is 3.64. The number of rotatable bonds is 3. The summed E-state index contributed by atoms with van der Waals surface area (Å²) in [5.41, 5.74) is -0.502. The van der Waals surface area contributed by atoms with Gasteiger partial charge in [-0.2, -0.15) is 0 Å². The van der Waals surface area contributed by atoms with E-state index in [4.69, 9.17) is 9.15 Å². The summed E-state index contributed by atoms with van der Waals surface area (Å²) in [6.45, 7) is 10.4. The third kappa shape index (κ3) is 4.36. The zero-order valence-electron chi connectivity index (χ0n) is 13.3. The molecule has 0 spiro atoms. The summed E-state index contributed by atoms with van der Waals surface area (Å²) >= 11 is 1.52. The Hall–Kier alpha value is -1.24. The molecule has 1 saturated heterocycles. The van der Waals surface area contributed by atoms with E-state index in [-0.39, 0.29) is 12.1 Å². The minimum Gasteiger partial charge on any atom is -0.444 e. The van der Waals surface area contributed by atoms with Crippen molar-refractivity contribution >= 4 is 17.9 Å². The van der Waals surface area contributed by atoms with Gasteiger partial charge in [0.1, 0.15) is 11.6 Å². The zero-order valence-corrected chi connectivity index (χ0v) is 14.1. The number of hydrogen-bond donors (Lipinski definition) is 0. The van der Waals surface area contributed by atoms with Gasteiger partial charge in [0, 0.05) is 11.8 Å². The lowest BCUT2D eigenvalue weighted by molar-refractivity contribution is 0.0201. The summed E-state index contributed by atoms with van der Waals surface area (Å²) in [5.74, 6) is 0.501. The fourth-order valence-electron chi connectivity index (χ4n) is 2.17. The van der Waals surface area contributed by atoms with Crippen molar-refractivity contribution < 1.29 is 13.9 Å². The molecule has 0 saturated carbocycles. The standard InChI is InChI=1S/C14H23N3O3S/c1-9(2)21-12-16-15-11(19-12)10-7-6-8-17(10)13(18)20-14(3,4)5/h9-10H,6-8H2,1-5H3/t10-/m1/s1. The minimum absolute atomic E-state index is 0.172. The maximum Gasteiger partial charge on any atom is 0.410 e. The van der Waals surface area contributed by atoms with Crippen molar-refractivity contribution in [3.63, 3.8) is 0 Å². The van der Waals surface area contributed by atoms with Gasteiger partial charge in [0.25, 0.3) is 5.22 Å². The molecule has 118 valence electrons. The van der Waals surface area contributed by atoms with Crippen molar-refractivity contribution in [1.82, 2.24) is 15.1 Å². The molecule has 1 amide bonds. The number of hydrogen-bond acceptors (Lipinski definition) is 6. The van der Waals surface area contributed by atoms with Crippen LogP contribution in [0.4, 0.5) is 4.79 Å². The number of likely N-dealkylation sites (tertiary alicyclic amines) is 1. The van der Waals surface area contributed by atoms with Crippen LogP contribution in [0.15, 0.2) is 9.64 Å². The number of aromatic nitrogens is 2. The summed E-state index contributed by atoms with van der Waals surface area (Å²) in [4.78, 5) is 13.9. The van der Waals surface area contributed by atoms with Crippen molar-refractivity contribution in [2.45, 2.75) is 69.6 Å². The molecule has 0 aromatic carbocycles. The summed E-state index contributed by atoms with van der Waals surface area (Å²) in [5, 5.41) is 9.06. The van der Waals surface area contributed by atoms with Crippen molar-refractivity contribution in [2.24, 2.45) is 0 Å². The normalized spacial score (nSPS) is 19.3. The summed E-state index contributed by atoms with van der Waals surface area (Å²) in [7, 11) is 0. The number of thioether (sulfide) groups is 1. The van der Waals surface area contributed by atoms with Gasteiger partial charge in [-0.15, -0.1) is 10.2 Å². The average molecular weight is 313 g/mol. The first kappa shape index (κ1) is 16.1. The first-order chi connectivity index (χ1) is 9.76. The molecule has 0 bridgehead atoms. The van der Waals surface area contributed by atoms with Crippen LogP contribution in [0.5, 0.6) is 0 Å². The van der Waals surface area contributed by atoms with Crippen molar-refractivity contribution in [3.05, 3.63) is 5.89 Å². The second-order valence-electron chi connectivity index (χ2n) is 6.40. The van der Waals surface area contributed by atoms with Crippen molar-refractivity contribution in [1.29, 1.82) is 0 Å². The van der Waals surface area contributed by atoms with E-state index in [1.807, 2.05) is 20.8 Å². The molecule has 21 heavy (non-hydrogen) atoms. The van der Waals surface area contributed by atoms with E-state index in [0.717, 1.165) is 12.8 Å². The van der Waals surface area contributed by atoms with Crippen LogP contribution in [0.1, 0.15) is 59.4 Å². The highest BCUT2D eigenvalue weighted by atomic mass is 32.2. The van der Waals surface area contributed by atoms with E-state index in [1.165, 1.54) is 11.8 Å². The maximum absolute atomic E-state index is 12.2. The molecule has 0 aliphatic carbocycles. The van der Waals surface area contributed by atoms with Gasteiger partial charge in [0.15, 0.2) is 0 Å². The van der Waals surface area contributed by atoms with Gasteiger partial charge in [-0.1, -0.05) is 25.6 Å². The zero-order chi connectivity index (χ0) is 15.6. The highest BCUT2D eigenvalue weighted by Crippen LogP contribution is 2.34. The number of nitrogens with zero attached hydrogens (tertiary/aromatic N) is 3. The summed E-state index contributed by atoms with van der Waals surface area (Å²) in [6.07, 6.45) is 1.42. The Morgan fingerprint density at radius 1 is 1.43 bits per heavy atom. The molecular formula is C14H23N3O3S. The molecule has 0 N–H and O–H groups in total. The summed E-state index contributed by atoms with van der Waals surface area (Å²) < 4.78 is 11.1.